The molecule has 0 spiro atoms. The van der Waals surface area contributed by atoms with Gasteiger partial charge in [-0.25, -0.2) is 0 Å². The number of hydrogen-bond donors (Lipinski definition) is 1. The molecule has 0 rings (SSSR count). The standard InChI is InChI=1S/C75H133N2O7P/c1-7-10-13-16-19-22-25-28-30-32-34-36-37-38-39-41-43-45-47-50-53-56-59-62-65-68-75(79)84-73(66-63-60-57-54-51-48-27-24-21-18-15-12-9-3)72(71-83-85(80,81)82-70-69-77(4,5)6)76-74(78)67-64-61-58-55-52-49-46-44-42-40-35-33-31-29-26-23-20-17-14-11-8-2/h11,14,19-20,22-23,28-31,34-36,40,44,46,63,66,72-73H,7-10,12-13,15-18,21,24-27,32-33,37-39,41-43,45,47-62,64-65,67-71H2,1-6H3,(H-,76,78,80,81)/b14-11-,22-19-,23-20-,30-28-,31-29-,36-34-,40-35-,46-44-,66-63+. The van der Waals surface area contributed by atoms with Crippen LogP contribution in [0.1, 0.15) is 303 Å². The number of nitrogens with zero attached hydrogens (tertiary/aromatic N) is 1. The maximum Gasteiger partial charge on any atom is 0.306 e. The maximum absolute atomic E-state index is 13.6. The van der Waals surface area contributed by atoms with Crippen LogP contribution in [0, 0.1) is 0 Å². The maximum atomic E-state index is 13.6. The van der Waals surface area contributed by atoms with E-state index in [9.17, 15) is 19.0 Å². The number of phosphoric acid groups is 1. The Morgan fingerprint density at radius 1 is 0.424 bits per heavy atom. The fourth-order valence-corrected chi connectivity index (χ4v) is 10.5. The first kappa shape index (κ1) is 81.7. The number of phosphoric ester groups is 1. The minimum atomic E-state index is -4.72. The lowest BCUT2D eigenvalue weighted by Gasteiger charge is -2.30. The van der Waals surface area contributed by atoms with E-state index in [1.807, 2.05) is 33.3 Å². The summed E-state index contributed by atoms with van der Waals surface area (Å²) in [5, 5.41) is 3.03. The summed E-state index contributed by atoms with van der Waals surface area (Å²) in [5.41, 5.74) is 0. The van der Waals surface area contributed by atoms with Gasteiger partial charge >= 0.3 is 5.97 Å². The third-order valence-corrected chi connectivity index (χ3v) is 16.2. The topological polar surface area (TPSA) is 114 Å². The number of ether oxygens (including phenoxy) is 1. The summed E-state index contributed by atoms with van der Waals surface area (Å²) in [5.74, 6) is -0.564. The van der Waals surface area contributed by atoms with Gasteiger partial charge in [0.1, 0.15) is 19.3 Å². The minimum Gasteiger partial charge on any atom is -0.756 e. The number of quaternary nitrogens is 1. The Morgan fingerprint density at radius 2 is 0.753 bits per heavy atom. The first-order valence-corrected chi connectivity index (χ1v) is 36.7. The molecule has 0 aliphatic carbocycles. The van der Waals surface area contributed by atoms with Gasteiger partial charge in [0.05, 0.1) is 33.8 Å². The van der Waals surface area contributed by atoms with Crippen LogP contribution in [0.2, 0.25) is 0 Å². The van der Waals surface area contributed by atoms with Gasteiger partial charge in [0.2, 0.25) is 5.91 Å². The number of likely N-dealkylation sites (N-methyl/N-ethyl adjacent to an activating group) is 1. The summed E-state index contributed by atoms with van der Waals surface area (Å²) in [4.78, 5) is 40.2. The monoisotopic (exact) mass is 1200 g/mol. The summed E-state index contributed by atoms with van der Waals surface area (Å²) in [6.45, 7) is 6.70. The number of esters is 1. The smallest absolute Gasteiger partial charge is 0.306 e. The number of nitrogens with one attached hydrogen (secondary N) is 1. The van der Waals surface area contributed by atoms with Crippen molar-refractivity contribution < 1.29 is 37.3 Å². The van der Waals surface area contributed by atoms with Gasteiger partial charge in [-0.1, -0.05) is 285 Å². The summed E-state index contributed by atoms with van der Waals surface area (Å²) < 4.78 is 30.4. The Morgan fingerprint density at radius 3 is 1.15 bits per heavy atom. The van der Waals surface area contributed by atoms with E-state index in [0.29, 0.717) is 17.4 Å². The first-order chi connectivity index (χ1) is 41.4. The fraction of sp³-hybridized carbons (Fsp3) is 0.733. The minimum absolute atomic E-state index is 0.0313. The van der Waals surface area contributed by atoms with Crippen molar-refractivity contribution >= 4 is 19.7 Å². The molecule has 0 aromatic heterocycles. The van der Waals surface area contributed by atoms with Gasteiger partial charge < -0.3 is 28.5 Å². The number of hydrogen-bond acceptors (Lipinski definition) is 7. The van der Waals surface area contributed by atoms with E-state index in [4.69, 9.17) is 13.8 Å². The van der Waals surface area contributed by atoms with Crippen molar-refractivity contribution in [2.75, 3.05) is 40.9 Å². The Labute approximate surface area is 525 Å². The summed E-state index contributed by atoms with van der Waals surface area (Å²) in [6, 6.07) is -0.907. The van der Waals surface area contributed by atoms with Crippen LogP contribution in [0.5, 0.6) is 0 Å². The molecule has 0 fully saturated rings. The van der Waals surface area contributed by atoms with Crippen LogP contribution in [-0.4, -0.2) is 69.4 Å². The molecule has 0 aromatic carbocycles. The molecule has 0 aromatic rings. The second-order valence-electron chi connectivity index (χ2n) is 24.6. The van der Waals surface area contributed by atoms with Gasteiger partial charge in [0, 0.05) is 12.8 Å². The molecule has 0 aliphatic rings. The Bertz CT molecular complexity index is 1820. The van der Waals surface area contributed by atoms with Gasteiger partial charge in [-0.2, -0.15) is 0 Å². The molecule has 10 heteroatoms. The molecule has 0 aliphatic heterocycles. The highest BCUT2D eigenvalue weighted by molar-refractivity contribution is 7.45. The van der Waals surface area contributed by atoms with E-state index >= 15 is 0 Å². The van der Waals surface area contributed by atoms with E-state index in [1.165, 1.54) is 148 Å². The Kier molecular flexibility index (Phi) is 61.2. The molecule has 1 amide bonds. The molecule has 0 heterocycles. The average molecular weight is 1210 g/mol. The van der Waals surface area contributed by atoms with Crippen molar-refractivity contribution in [3.8, 4) is 0 Å². The van der Waals surface area contributed by atoms with E-state index in [1.54, 1.807) is 0 Å². The SMILES string of the molecule is CC/C=C\C/C=C\C/C=C\C/C=C\C/C=C\CCCCCCCC(=O)NC(COP(=O)([O-])OCC[N+](C)(C)C)C(/C=C/CCCCCCCCCCCCC)OC(=O)CCCCCCCCCCCCCC/C=C\C/C=C\C/C=C\CCCCC. The summed E-state index contributed by atoms with van der Waals surface area (Å²) >= 11 is 0. The zero-order valence-corrected chi connectivity index (χ0v) is 56.9. The molecule has 0 saturated carbocycles. The van der Waals surface area contributed by atoms with Gasteiger partial charge in [-0.05, 0) is 115 Å². The molecule has 490 valence electrons. The van der Waals surface area contributed by atoms with Crippen LogP contribution in [-0.2, 0) is 27.9 Å². The molecule has 85 heavy (non-hydrogen) atoms. The second kappa shape index (κ2) is 63.7. The first-order valence-electron chi connectivity index (χ1n) is 35.2. The van der Waals surface area contributed by atoms with Crippen molar-refractivity contribution in [2.45, 2.75) is 315 Å². The van der Waals surface area contributed by atoms with Crippen LogP contribution in [0.4, 0.5) is 0 Å². The number of carbonyl (C=O) groups excluding carboxylic acids is 2. The van der Waals surface area contributed by atoms with E-state index in [-0.39, 0.29) is 31.3 Å². The lowest BCUT2D eigenvalue weighted by molar-refractivity contribution is -0.870. The van der Waals surface area contributed by atoms with Crippen molar-refractivity contribution in [3.63, 3.8) is 0 Å². The van der Waals surface area contributed by atoms with Gasteiger partial charge in [-0.15, -0.1) is 0 Å². The Balaban J connectivity index is 5.16. The average Bonchev–Trinajstić information content (AvgIpc) is 3.50. The third kappa shape index (κ3) is 65.0. The van der Waals surface area contributed by atoms with Gasteiger partial charge in [0.25, 0.3) is 7.82 Å². The van der Waals surface area contributed by atoms with Gasteiger partial charge in [-0.3, -0.25) is 14.2 Å². The number of amides is 1. The number of rotatable bonds is 63. The van der Waals surface area contributed by atoms with Crippen molar-refractivity contribution in [1.82, 2.24) is 5.32 Å². The largest absolute Gasteiger partial charge is 0.756 e. The van der Waals surface area contributed by atoms with Crippen molar-refractivity contribution in [1.29, 1.82) is 0 Å². The second-order valence-corrected chi connectivity index (χ2v) is 26.1. The zero-order valence-electron chi connectivity index (χ0n) is 56.0. The zero-order chi connectivity index (χ0) is 62.1. The van der Waals surface area contributed by atoms with Gasteiger partial charge in [0.15, 0.2) is 0 Å². The molecule has 9 nitrogen and oxygen atoms in total. The molecular formula is C75H133N2O7P. The van der Waals surface area contributed by atoms with Crippen LogP contribution < -0.4 is 10.2 Å². The predicted molar refractivity (Wildman–Crippen MR) is 367 cm³/mol. The van der Waals surface area contributed by atoms with Crippen LogP contribution in [0.3, 0.4) is 0 Å². The molecule has 0 bridgehead atoms. The highest BCUT2D eigenvalue weighted by atomic mass is 31.2. The molecular weight excluding hydrogens is 1070 g/mol. The lowest BCUT2D eigenvalue weighted by Crippen LogP contribution is -2.47. The van der Waals surface area contributed by atoms with E-state index < -0.39 is 26.6 Å². The quantitative estimate of drug-likeness (QED) is 0.0212. The molecule has 0 saturated heterocycles. The van der Waals surface area contributed by atoms with Crippen molar-refractivity contribution in [2.24, 2.45) is 0 Å². The number of allylic oxidation sites excluding steroid dienone is 17. The van der Waals surface area contributed by atoms with Crippen molar-refractivity contribution in [3.05, 3.63) is 109 Å². The summed E-state index contributed by atoms with van der Waals surface area (Å²) in [6.07, 6.45) is 87.7. The lowest BCUT2D eigenvalue weighted by atomic mass is 10.0. The fourth-order valence-electron chi connectivity index (χ4n) is 9.79. The predicted octanol–water partition coefficient (Wildman–Crippen LogP) is 21.8. The molecule has 3 atom stereocenters. The van der Waals surface area contributed by atoms with E-state index in [0.717, 1.165) is 116 Å². The Hall–Kier alpha value is -3.33. The van der Waals surface area contributed by atoms with Crippen LogP contribution in [0.25, 0.3) is 0 Å². The third-order valence-electron chi connectivity index (χ3n) is 15.2. The highest BCUT2D eigenvalue weighted by Gasteiger charge is 2.27. The molecule has 3 unspecified atom stereocenters. The normalized spacial score (nSPS) is 14.2. The van der Waals surface area contributed by atoms with Crippen LogP contribution >= 0.6 is 7.82 Å². The molecule has 1 N–H and O–H groups in total. The summed E-state index contributed by atoms with van der Waals surface area (Å²) in [7, 11) is 1.16. The number of unbranched alkanes of at least 4 members (excludes halogenated alkanes) is 31. The van der Waals surface area contributed by atoms with Crippen LogP contribution in [0.15, 0.2) is 109 Å². The molecule has 0 radical (unpaired) electrons. The highest BCUT2D eigenvalue weighted by Crippen LogP contribution is 2.38. The van der Waals surface area contributed by atoms with E-state index in [2.05, 4.69) is 123 Å². The number of carbonyl (C=O) groups is 2.